The highest BCUT2D eigenvalue weighted by Gasteiger charge is 2.20. The molecule has 8 heteroatoms. The third-order valence-corrected chi connectivity index (χ3v) is 4.71. The molecule has 1 aromatic heterocycles. The van der Waals surface area contributed by atoms with E-state index in [9.17, 15) is 0 Å². The van der Waals surface area contributed by atoms with Crippen molar-refractivity contribution in [1.29, 1.82) is 0 Å². The maximum Gasteiger partial charge on any atom is 0.191 e. The lowest BCUT2D eigenvalue weighted by molar-refractivity contribution is 0.129. The topological polar surface area (TPSA) is 63.5 Å². The molecule has 2 aromatic rings. The van der Waals surface area contributed by atoms with Gasteiger partial charge in [0, 0.05) is 37.1 Å². The zero-order chi connectivity index (χ0) is 18.9. The minimum Gasteiger partial charge on any atom is -0.379 e. The first-order valence-corrected chi connectivity index (χ1v) is 9.98. The minimum atomic E-state index is 0. The Morgan fingerprint density at radius 2 is 2.11 bits per heavy atom. The van der Waals surface area contributed by atoms with E-state index < -0.39 is 0 Å². The van der Waals surface area contributed by atoms with Gasteiger partial charge in [0.15, 0.2) is 5.96 Å². The lowest BCUT2D eigenvalue weighted by Gasteiger charge is -2.18. The van der Waals surface area contributed by atoms with Gasteiger partial charge in [0.05, 0.1) is 19.2 Å². The number of hydrogen-bond donors (Lipinski definition) is 2. The fraction of sp³-hybridized carbons (Fsp3) is 0.500. The normalized spacial score (nSPS) is 15.0. The van der Waals surface area contributed by atoms with Crippen LogP contribution < -0.4 is 10.6 Å². The molecule has 1 atom stereocenters. The Labute approximate surface area is 189 Å². The van der Waals surface area contributed by atoms with Gasteiger partial charge in [-0.05, 0) is 49.4 Å². The summed E-state index contributed by atoms with van der Waals surface area (Å²) in [5.74, 6) is 1.58. The van der Waals surface area contributed by atoms with Crippen LogP contribution in [0.4, 0.5) is 0 Å². The van der Waals surface area contributed by atoms with E-state index >= 15 is 0 Å². The molecule has 1 aliphatic rings. The van der Waals surface area contributed by atoms with E-state index in [0.29, 0.717) is 13.2 Å². The fourth-order valence-corrected chi connectivity index (χ4v) is 2.91. The van der Waals surface area contributed by atoms with E-state index in [0.717, 1.165) is 42.2 Å². The monoisotopic (exact) mass is 517 g/mol. The number of halogens is 2. The zero-order valence-electron chi connectivity index (χ0n) is 16.2. The molecule has 1 aromatic carbocycles. The summed E-state index contributed by atoms with van der Waals surface area (Å²) in [7, 11) is 0. The van der Waals surface area contributed by atoms with Crippen molar-refractivity contribution < 1.29 is 4.74 Å². The molecule has 3 rings (SSSR count). The number of hydrogen-bond acceptors (Lipinski definition) is 3. The van der Waals surface area contributed by atoms with Crippen molar-refractivity contribution in [3.8, 4) is 0 Å². The van der Waals surface area contributed by atoms with Crippen molar-refractivity contribution >= 4 is 41.5 Å². The van der Waals surface area contributed by atoms with Crippen LogP contribution in [0.3, 0.4) is 0 Å². The van der Waals surface area contributed by atoms with E-state index in [-0.39, 0.29) is 30.0 Å². The molecule has 0 aliphatic heterocycles. The molecule has 6 nitrogen and oxygen atoms in total. The summed E-state index contributed by atoms with van der Waals surface area (Å²) in [6, 6.07) is 9.79. The summed E-state index contributed by atoms with van der Waals surface area (Å²) in [4.78, 5) is 4.76. The second-order valence-corrected chi connectivity index (χ2v) is 7.15. The molecule has 0 saturated heterocycles. The molecule has 1 aliphatic carbocycles. The summed E-state index contributed by atoms with van der Waals surface area (Å²) in [6.07, 6.45) is 6.38. The number of rotatable bonds is 10. The summed E-state index contributed by atoms with van der Waals surface area (Å²) in [5.41, 5.74) is 1.12. The van der Waals surface area contributed by atoms with Crippen molar-refractivity contribution in [3.63, 3.8) is 0 Å². The van der Waals surface area contributed by atoms with Gasteiger partial charge in [0.2, 0.25) is 0 Å². The third kappa shape index (κ3) is 7.60. The second-order valence-electron chi connectivity index (χ2n) is 6.72. The standard InChI is InChI=1S/C20H28ClN5O.HI/c1-2-22-20(23-11-13-27-15-16-4-5-16)24-14-19(26-12-3-10-25-26)17-6-8-18(21)9-7-17;/h3,6-10,12,16,19H,2,4-5,11,13-15H2,1H3,(H2,22,23,24);1H. The maximum atomic E-state index is 6.03. The Kier molecular flexibility index (Phi) is 10.1. The van der Waals surface area contributed by atoms with Crippen LogP contribution in [0.1, 0.15) is 31.4 Å². The van der Waals surface area contributed by atoms with Gasteiger partial charge in [0.25, 0.3) is 0 Å². The van der Waals surface area contributed by atoms with Crippen molar-refractivity contribution in [3.05, 3.63) is 53.3 Å². The Hall–Kier alpha value is -1.32. The summed E-state index contributed by atoms with van der Waals surface area (Å²) in [5, 5.41) is 11.8. The number of nitrogens with zero attached hydrogens (tertiary/aromatic N) is 3. The number of benzene rings is 1. The van der Waals surface area contributed by atoms with Crippen molar-refractivity contribution in [2.24, 2.45) is 10.9 Å². The molecular weight excluding hydrogens is 489 g/mol. The maximum absolute atomic E-state index is 6.03. The lowest BCUT2D eigenvalue weighted by atomic mass is 10.1. The van der Waals surface area contributed by atoms with Gasteiger partial charge in [-0.3, -0.25) is 9.67 Å². The van der Waals surface area contributed by atoms with Gasteiger partial charge in [-0.25, -0.2) is 0 Å². The van der Waals surface area contributed by atoms with Gasteiger partial charge in [-0.2, -0.15) is 5.10 Å². The highest BCUT2D eigenvalue weighted by Crippen LogP contribution is 2.28. The van der Waals surface area contributed by atoms with Crippen LogP contribution in [-0.4, -0.2) is 48.6 Å². The van der Waals surface area contributed by atoms with Crippen LogP contribution in [0.5, 0.6) is 0 Å². The number of aromatic nitrogens is 2. The lowest BCUT2D eigenvalue weighted by Crippen LogP contribution is -2.39. The molecule has 1 heterocycles. The van der Waals surface area contributed by atoms with Gasteiger partial charge in [-0.15, -0.1) is 24.0 Å². The first-order chi connectivity index (χ1) is 13.3. The smallest absolute Gasteiger partial charge is 0.191 e. The molecule has 0 radical (unpaired) electrons. The first kappa shape index (κ1) is 23.0. The highest BCUT2D eigenvalue weighted by atomic mass is 127. The summed E-state index contributed by atoms with van der Waals surface area (Å²) < 4.78 is 7.60. The van der Waals surface area contributed by atoms with Crippen LogP contribution in [0, 0.1) is 5.92 Å². The van der Waals surface area contributed by atoms with E-state index in [4.69, 9.17) is 21.3 Å². The number of guanidine groups is 1. The van der Waals surface area contributed by atoms with Crippen LogP contribution in [0.25, 0.3) is 0 Å². The van der Waals surface area contributed by atoms with Crippen LogP contribution in [-0.2, 0) is 4.74 Å². The Balaban J connectivity index is 0.00000280. The number of ether oxygens (including phenoxy) is 1. The highest BCUT2D eigenvalue weighted by molar-refractivity contribution is 14.0. The molecule has 0 spiro atoms. The van der Waals surface area contributed by atoms with E-state index in [2.05, 4.69) is 22.7 Å². The molecule has 28 heavy (non-hydrogen) atoms. The third-order valence-electron chi connectivity index (χ3n) is 4.45. The summed E-state index contributed by atoms with van der Waals surface area (Å²) >= 11 is 6.03. The molecule has 154 valence electrons. The van der Waals surface area contributed by atoms with Crippen LogP contribution in [0.2, 0.25) is 5.02 Å². The van der Waals surface area contributed by atoms with E-state index in [1.165, 1.54) is 12.8 Å². The summed E-state index contributed by atoms with van der Waals surface area (Å²) in [6.45, 7) is 5.76. The van der Waals surface area contributed by atoms with E-state index in [1.54, 1.807) is 6.20 Å². The van der Waals surface area contributed by atoms with Gasteiger partial charge < -0.3 is 15.4 Å². The van der Waals surface area contributed by atoms with Gasteiger partial charge in [-0.1, -0.05) is 23.7 Å². The Bertz CT molecular complexity index is 704. The number of nitrogens with one attached hydrogen (secondary N) is 2. The molecule has 2 N–H and O–H groups in total. The average molecular weight is 518 g/mol. The Morgan fingerprint density at radius 1 is 1.32 bits per heavy atom. The largest absolute Gasteiger partial charge is 0.379 e. The zero-order valence-corrected chi connectivity index (χ0v) is 19.3. The van der Waals surface area contributed by atoms with Crippen LogP contribution in [0.15, 0.2) is 47.7 Å². The quantitative estimate of drug-likeness (QED) is 0.218. The van der Waals surface area contributed by atoms with Gasteiger partial charge in [0.1, 0.15) is 0 Å². The Morgan fingerprint density at radius 3 is 2.75 bits per heavy atom. The predicted octanol–water partition coefficient (Wildman–Crippen LogP) is 3.73. The molecule has 1 fully saturated rings. The van der Waals surface area contributed by atoms with E-state index in [1.807, 2.05) is 41.2 Å². The number of aliphatic imine (C=N–C) groups is 1. The van der Waals surface area contributed by atoms with Crippen molar-refractivity contribution in [1.82, 2.24) is 20.4 Å². The SMILES string of the molecule is CCNC(=NCC(c1ccc(Cl)cc1)n1cccn1)NCCOCC1CC1.I. The van der Waals surface area contributed by atoms with Crippen molar-refractivity contribution in [2.45, 2.75) is 25.8 Å². The molecule has 1 unspecified atom stereocenters. The predicted molar refractivity (Wildman–Crippen MR) is 125 cm³/mol. The van der Waals surface area contributed by atoms with Crippen LogP contribution >= 0.6 is 35.6 Å². The fourth-order valence-electron chi connectivity index (χ4n) is 2.79. The average Bonchev–Trinajstić information content (AvgIpc) is 3.34. The molecule has 1 saturated carbocycles. The first-order valence-electron chi connectivity index (χ1n) is 9.60. The van der Waals surface area contributed by atoms with Gasteiger partial charge >= 0.3 is 0 Å². The molecule has 0 bridgehead atoms. The minimum absolute atomic E-state index is 0. The van der Waals surface area contributed by atoms with Crippen molar-refractivity contribution in [2.75, 3.05) is 32.8 Å². The molecular formula is C20H29ClIN5O. The second kappa shape index (κ2) is 12.3. The molecule has 0 amide bonds.